The van der Waals surface area contributed by atoms with Crippen molar-refractivity contribution in [1.82, 2.24) is 5.32 Å². The van der Waals surface area contributed by atoms with E-state index in [2.05, 4.69) is 5.32 Å². The minimum absolute atomic E-state index is 0.177. The number of rotatable bonds is 3. The number of nitrogens with one attached hydrogen (secondary N) is 1. The Morgan fingerprint density at radius 2 is 2.35 bits per heavy atom. The van der Waals surface area contributed by atoms with Crippen LogP contribution in [0, 0.1) is 5.92 Å². The molecule has 4 heteroatoms. The second kappa shape index (κ2) is 5.19. The minimum atomic E-state index is -0.177. The van der Waals surface area contributed by atoms with E-state index in [4.69, 9.17) is 4.74 Å². The van der Waals surface area contributed by atoms with Gasteiger partial charge in [-0.25, -0.2) is 0 Å². The maximum Gasteiger partial charge on any atom is 0.305 e. The molecule has 0 bridgehead atoms. The molecule has 0 amide bonds. The van der Waals surface area contributed by atoms with Crippen LogP contribution in [-0.2, 0) is 9.53 Å². The Morgan fingerprint density at radius 1 is 1.53 bits per heavy atom. The number of carbonyl (C=O) groups is 1. The molecule has 1 saturated heterocycles. The standard InChI is InChI=1S/C13H17NO3/c1-17-13(16)6-10-7-14-8-12(10)9-3-2-4-11(15)5-9/h2-5,10,12,14-15H,6-8H2,1H3/t10-,12-/m0/s1. The van der Waals surface area contributed by atoms with Gasteiger partial charge in [0.15, 0.2) is 0 Å². The Balaban J connectivity index is 2.11. The first-order chi connectivity index (χ1) is 8.20. The number of phenolic OH excluding ortho intramolecular Hbond substituents is 1. The van der Waals surface area contributed by atoms with Gasteiger partial charge in [-0.05, 0) is 30.2 Å². The van der Waals surface area contributed by atoms with Crippen molar-refractivity contribution in [3.8, 4) is 5.75 Å². The van der Waals surface area contributed by atoms with E-state index in [1.54, 1.807) is 12.1 Å². The van der Waals surface area contributed by atoms with Gasteiger partial charge in [0.2, 0.25) is 0 Å². The molecule has 0 spiro atoms. The van der Waals surface area contributed by atoms with Crippen LogP contribution in [0.15, 0.2) is 24.3 Å². The molecule has 1 heterocycles. The van der Waals surface area contributed by atoms with Crippen molar-refractivity contribution in [1.29, 1.82) is 0 Å². The summed E-state index contributed by atoms with van der Waals surface area (Å²) in [4.78, 5) is 11.3. The first-order valence-electron chi connectivity index (χ1n) is 5.77. The van der Waals surface area contributed by atoms with Gasteiger partial charge in [-0.1, -0.05) is 12.1 Å². The predicted molar refractivity (Wildman–Crippen MR) is 63.8 cm³/mol. The van der Waals surface area contributed by atoms with Crippen molar-refractivity contribution in [2.75, 3.05) is 20.2 Å². The monoisotopic (exact) mass is 235 g/mol. The highest BCUT2D eigenvalue weighted by Gasteiger charge is 2.30. The van der Waals surface area contributed by atoms with E-state index >= 15 is 0 Å². The molecule has 1 aromatic carbocycles. The highest BCUT2D eigenvalue weighted by atomic mass is 16.5. The molecule has 0 unspecified atom stereocenters. The summed E-state index contributed by atoms with van der Waals surface area (Å²) >= 11 is 0. The molecule has 2 atom stereocenters. The van der Waals surface area contributed by atoms with Gasteiger partial charge in [-0.3, -0.25) is 4.79 Å². The van der Waals surface area contributed by atoms with Crippen molar-refractivity contribution >= 4 is 5.97 Å². The molecule has 17 heavy (non-hydrogen) atoms. The third-order valence-electron chi connectivity index (χ3n) is 3.29. The number of carbonyl (C=O) groups excluding carboxylic acids is 1. The van der Waals surface area contributed by atoms with Gasteiger partial charge in [0, 0.05) is 12.5 Å². The van der Waals surface area contributed by atoms with Crippen molar-refractivity contribution < 1.29 is 14.6 Å². The number of aromatic hydroxyl groups is 1. The van der Waals surface area contributed by atoms with E-state index in [9.17, 15) is 9.90 Å². The highest BCUT2D eigenvalue weighted by molar-refractivity contribution is 5.69. The minimum Gasteiger partial charge on any atom is -0.508 e. The molecule has 4 nitrogen and oxygen atoms in total. The molecular weight excluding hydrogens is 218 g/mol. The smallest absolute Gasteiger partial charge is 0.305 e. The molecule has 0 radical (unpaired) electrons. The van der Waals surface area contributed by atoms with E-state index in [0.29, 0.717) is 6.42 Å². The summed E-state index contributed by atoms with van der Waals surface area (Å²) in [5.41, 5.74) is 1.07. The summed E-state index contributed by atoms with van der Waals surface area (Å²) in [6, 6.07) is 7.24. The quantitative estimate of drug-likeness (QED) is 0.774. The number of benzene rings is 1. The SMILES string of the molecule is COC(=O)C[C@H]1CNC[C@H]1c1cccc(O)c1. The first-order valence-corrected chi connectivity index (χ1v) is 5.77. The summed E-state index contributed by atoms with van der Waals surface area (Å²) in [5, 5.41) is 12.8. The predicted octanol–water partition coefficient (Wildman–Crippen LogP) is 1.26. The molecule has 1 aliphatic rings. The topological polar surface area (TPSA) is 58.6 Å². The highest BCUT2D eigenvalue weighted by Crippen LogP contribution is 2.32. The van der Waals surface area contributed by atoms with Crippen LogP contribution in [0.5, 0.6) is 5.75 Å². The van der Waals surface area contributed by atoms with Gasteiger partial charge < -0.3 is 15.2 Å². The molecule has 1 aliphatic heterocycles. The van der Waals surface area contributed by atoms with Crippen molar-refractivity contribution in [3.05, 3.63) is 29.8 Å². The van der Waals surface area contributed by atoms with E-state index in [0.717, 1.165) is 18.7 Å². The van der Waals surface area contributed by atoms with Crippen molar-refractivity contribution in [2.45, 2.75) is 12.3 Å². The zero-order chi connectivity index (χ0) is 12.3. The van der Waals surface area contributed by atoms with Gasteiger partial charge in [0.25, 0.3) is 0 Å². The van der Waals surface area contributed by atoms with E-state index in [1.807, 2.05) is 12.1 Å². The maximum atomic E-state index is 11.3. The molecule has 92 valence electrons. The molecular formula is C13H17NO3. The Morgan fingerprint density at radius 3 is 3.06 bits per heavy atom. The Hall–Kier alpha value is -1.55. The van der Waals surface area contributed by atoms with Crippen LogP contribution < -0.4 is 5.32 Å². The molecule has 2 rings (SSSR count). The second-order valence-electron chi connectivity index (χ2n) is 4.40. The zero-order valence-electron chi connectivity index (χ0n) is 9.85. The molecule has 2 N–H and O–H groups in total. The number of hydrogen-bond donors (Lipinski definition) is 2. The second-order valence-corrected chi connectivity index (χ2v) is 4.40. The Kier molecular flexibility index (Phi) is 3.64. The van der Waals surface area contributed by atoms with Crippen LogP contribution in [0.2, 0.25) is 0 Å². The summed E-state index contributed by atoms with van der Waals surface area (Å²) in [7, 11) is 1.41. The molecule has 0 aliphatic carbocycles. The fourth-order valence-corrected chi connectivity index (χ4v) is 2.39. The lowest BCUT2D eigenvalue weighted by molar-refractivity contribution is -0.141. The number of hydrogen-bond acceptors (Lipinski definition) is 4. The van der Waals surface area contributed by atoms with E-state index < -0.39 is 0 Å². The van der Waals surface area contributed by atoms with Gasteiger partial charge >= 0.3 is 5.97 Å². The van der Waals surface area contributed by atoms with Gasteiger partial charge in [0.1, 0.15) is 5.75 Å². The van der Waals surface area contributed by atoms with Crippen molar-refractivity contribution in [3.63, 3.8) is 0 Å². The summed E-state index contributed by atoms with van der Waals surface area (Å²) < 4.78 is 4.70. The van der Waals surface area contributed by atoms with Crippen LogP contribution in [0.1, 0.15) is 17.9 Å². The van der Waals surface area contributed by atoms with Crippen LogP contribution >= 0.6 is 0 Å². The number of ether oxygens (including phenoxy) is 1. The Labute approximate surface area is 101 Å². The average Bonchev–Trinajstić information content (AvgIpc) is 2.77. The molecule has 1 fully saturated rings. The summed E-state index contributed by atoms with van der Waals surface area (Å²) in [6.45, 7) is 1.65. The van der Waals surface area contributed by atoms with Crippen LogP contribution in [0.3, 0.4) is 0 Å². The van der Waals surface area contributed by atoms with Gasteiger partial charge in [0.05, 0.1) is 13.5 Å². The lowest BCUT2D eigenvalue weighted by Crippen LogP contribution is -2.16. The molecule has 1 aromatic rings. The van der Waals surface area contributed by atoms with Gasteiger partial charge in [-0.2, -0.15) is 0 Å². The lowest BCUT2D eigenvalue weighted by atomic mass is 9.87. The molecule has 0 saturated carbocycles. The summed E-state index contributed by atoms with van der Waals surface area (Å²) in [6.07, 6.45) is 0.420. The number of methoxy groups -OCH3 is 1. The number of phenols is 1. The first kappa shape index (κ1) is 11.9. The largest absolute Gasteiger partial charge is 0.508 e. The fourth-order valence-electron chi connectivity index (χ4n) is 2.39. The van der Waals surface area contributed by atoms with E-state index in [1.165, 1.54) is 7.11 Å². The lowest BCUT2D eigenvalue weighted by Gasteiger charge is -2.17. The third-order valence-corrected chi connectivity index (χ3v) is 3.29. The van der Waals surface area contributed by atoms with Gasteiger partial charge in [-0.15, -0.1) is 0 Å². The number of esters is 1. The van der Waals surface area contributed by atoms with Crippen LogP contribution in [0.4, 0.5) is 0 Å². The average molecular weight is 235 g/mol. The summed E-state index contributed by atoms with van der Waals surface area (Å²) in [5.74, 6) is 0.598. The third kappa shape index (κ3) is 2.77. The van der Waals surface area contributed by atoms with E-state index in [-0.39, 0.29) is 23.6 Å². The Bertz CT molecular complexity index is 405. The van der Waals surface area contributed by atoms with Crippen LogP contribution in [0.25, 0.3) is 0 Å². The molecule has 0 aromatic heterocycles. The normalized spacial score (nSPS) is 23.6. The zero-order valence-corrected chi connectivity index (χ0v) is 9.85. The maximum absolute atomic E-state index is 11.3. The fraction of sp³-hybridized carbons (Fsp3) is 0.462. The van der Waals surface area contributed by atoms with Crippen LogP contribution in [-0.4, -0.2) is 31.3 Å². The van der Waals surface area contributed by atoms with Crippen molar-refractivity contribution in [2.24, 2.45) is 5.92 Å².